The second-order valence-electron chi connectivity index (χ2n) is 4.61. The van der Waals surface area contributed by atoms with Gasteiger partial charge in [-0.15, -0.1) is 0 Å². The number of nitro groups is 1. The SMILES string of the molecule is C.O=C(NC1CCCCC1)c1ccc([N+](=O)[O-])cc1. The van der Waals surface area contributed by atoms with Gasteiger partial charge in [-0.1, -0.05) is 26.7 Å². The van der Waals surface area contributed by atoms with Gasteiger partial charge in [0.15, 0.2) is 0 Å². The molecule has 19 heavy (non-hydrogen) atoms. The molecule has 0 saturated heterocycles. The van der Waals surface area contributed by atoms with Crippen LogP contribution in [0.2, 0.25) is 0 Å². The summed E-state index contributed by atoms with van der Waals surface area (Å²) in [5.41, 5.74) is 0.482. The summed E-state index contributed by atoms with van der Waals surface area (Å²) in [5, 5.41) is 13.5. The first-order valence-corrected chi connectivity index (χ1v) is 6.22. The average Bonchev–Trinajstić information content (AvgIpc) is 2.40. The molecule has 1 saturated carbocycles. The quantitative estimate of drug-likeness (QED) is 0.672. The molecule has 104 valence electrons. The highest BCUT2D eigenvalue weighted by atomic mass is 16.6. The number of nitrogens with one attached hydrogen (secondary N) is 1. The van der Waals surface area contributed by atoms with Gasteiger partial charge < -0.3 is 5.32 Å². The first-order valence-electron chi connectivity index (χ1n) is 6.22. The highest BCUT2D eigenvalue weighted by Gasteiger charge is 2.17. The van der Waals surface area contributed by atoms with E-state index in [1.807, 2.05) is 0 Å². The van der Waals surface area contributed by atoms with Crippen molar-refractivity contribution in [3.63, 3.8) is 0 Å². The zero-order chi connectivity index (χ0) is 13.0. The van der Waals surface area contributed by atoms with E-state index in [-0.39, 0.29) is 25.1 Å². The third-order valence-corrected chi connectivity index (χ3v) is 3.28. The highest BCUT2D eigenvalue weighted by Crippen LogP contribution is 2.18. The second-order valence-corrected chi connectivity index (χ2v) is 4.61. The Morgan fingerprint density at radius 3 is 2.26 bits per heavy atom. The van der Waals surface area contributed by atoms with E-state index in [2.05, 4.69) is 5.32 Å². The summed E-state index contributed by atoms with van der Waals surface area (Å²) in [6, 6.07) is 5.96. The Morgan fingerprint density at radius 2 is 1.74 bits per heavy atom. The minimum Gasteiger partial charge on any atom is -0.349 e. The fourth-order valence-electron chi connectivity index (χ4n) is 2.25. The fourth-order valence-corrected chi connectivity index (χ4v) is 2.25. The molecule has 5 heteroatoms. The Labute approximate surface area is 113 Å². The van der Waals surface area contributed by atoms with Crippen LogP contribution in [0.15, 0.2) is 24.3 Å². The molecular formula is C14H20N2O3. The van der Waals surface area contributed by atoms with E-state index >= 15 is 0 Å². The molecule has 1 aliphatic rings. The summed E-state index contributed by atoms with van der Waals surface area (Å²) in [6.45, 7) is 0. The van der Waals surface area contributed by atoms with E-state index in [0.29, 0.717) is 5.56 Å². The molecule has 0 radical (unpaired) electrons. The molecule has 1 aromatic rings. The molecular weight excluding hydrogens is 244 g/mol. The van der Waals surface area contributed by atoms with Crippen molar-refractivity contribution < 1.29 is 9.72 Å². The molecule has 5 nitrogen and oxygen atoms in total. The zero-order valence-electron chi connectivity index (χ0n) is 10.1. The van der Waals surface area contributed by atoms with Gasteiger partial charge in [-0.25, -0.2) is 0 Å². The lowest BCUT2D eigenvalue weighted by Crippen LogP contribution is -2.36. The molecule has 1 aromatic carbocycles. The van der Waals surface area contributed by atoms with Gasteiger partial charge in [-0.3, -0.25) is 14.9 Å². The molecule has 0 spiro atoms. The van der Waals surface area contributed by atoms with Crippen LogP contribution in [0.3, 0.4) is 0 Å². The van der Waals surface area contributed by atoms with Crippen LogP contribution in [0.5, 0.6) is 0 Å². The van der Waals surface area contributed by atoms with E-state index in [9.17, 15) is 14.9 Å². The standard InChI is InChI=1S/C13H16N2O3.CH4/c16-13(14-11-4-2-1-3-5-11)10-6-8-12(9-7-10)15(17)18;/h6-9,11H,1-5H2,(H,14,16);1H4. The number of nitro benzene ring substituents is 1. The number of carbonyl (C=O) groups excluding carboxylic acids is 1. The normalized spacial score (nSPS) is 15.4. The van der Waals surface area contributed by atoms with E-state index < -0.39 is 4.92 Å². The van der Waals surface area contributed by atoms with Gasteiger partial charge >= 0.3 is 0 Å². The van der Waals surface area contributed by atoms with Gasteiger partial charge in [0.25, 0.3) is 11.6 Å². The number of non-ortho nitro benzene ring substituents is 1. The molecule has 0 aliphatic heterocycles. The van der Waals surface area contributed by atoms with Crippen molar-refractivity contribution in [3.05, 3.63) is 39.9 Å². The second kappa shape index (κ2) is 6.87. The third-order valence-electron chi connectivity index (χ3n) is 3.28. The van der Waals surface area contributed by atoms with Crippen molar-refractivity contribution in [1.29, 1.82) is 0 Å². The van der Waals surface area contributed by atoms with Crippen LogP contribution in [-0.4, -0.2) is 16.9 Å². The van der Waals surface area contributed by atoms with E-state index in [4.69, 9.17) is 0 Å². The highest BCUT2D eigenvalue weighted by molar-refractivity contribution is 5.94. The Balaban J connectivity index is 0.00000180. The van der Waals surface area contributed by atoms with Gasteiger partial charge in [0.1, 0.15) is 0 Å². The topological polar surface area (TPSA) is 72.2 Å². The summed E-state index contributed by atoms with van der Waals surface area (Å²) in [6.07, 6.45) is 5.61. The predicted molar refractivity (Wildman–Crippen MR) is 74.2 cm³/mol. The maximum Gasteiger partial charge on any atom is 0.269 e. The van der Waals surface area contributed by atoms with Gasteiger partial charge in [-0.05, 0) is 25.0 Å². The predicted octanol–water partition coefficient (Wildman–Crippen LogP) is 3.29. The number of rotatable bonds is 3. The Hall–Kier alpha value is -1.91. The van der Waals surface area contributed by atoms with Crippen molar-refractivity contribution in [2.75, 3.05) is 0 Å². The Morgan fingerprint density at radius 1 is 1.16 bits per heavy atom. The van der Waals surface area contributed by atoms with Gasteiger partial charge in [0.2, 0.25) is 0 Å². The fraction of sp³-hybridized carbons (Fsp3) is 0.500. The minimum absolute atomic E-state index is 0. The van der Waals surface area contributed by atoms with E-state index in [1.165, 1.54) is 30.7 Å². The number of nitrogens with zero attached hydrogens (tertiary/aromatic N) is 1. The van der Waals surface area contributed by atoms with Crippen molar-refractivity contribution in [2.24, 2.45) is 0 Å². The van der Waals surface area contributed by atoms with Gasteiger partial charge in [0, 0.05) is 23.7 Å². The number of benzene rings is 1. The average molecular weight is 264 g/mol. The molecule has 0 aromatic heterocycles. The van der Waals surface area contributed by atoms with Gasteiger partial charge in [-0.2, -0.15) is 0 Å². The third kappa shape index (κ3) is 4.05. The lowest BCUT2D eigenvalue weighted by molar-refractivity contribution is -0.384. The van der Waals surface area contributed by atoms with E-state index in [0.717, 1.165) is 25.7 Å². The van der Waals surface area contributed by atoms with Crippen LogP contribution in [0.25, 0.3) is 0 Å². The summed E-state index contributed by atoms with van der Waals surface area (Å²) in [5.74, 6) is -0.142. The Bertz CT molecular complexity index is 437. The van der Waals surface area contributed by atoms with Crippen LogP contribution in [-0.2, 0) is 0 Å². The van der Waals surface area contributed by atoms with Crippen molar-refractivity contribution in [1.82, 2.24) is 5.32 Å². The molecule has 1 amide bonds. The molecule has 1 fully saturated rings. The number of hydrogen-bond donors (Lipinski definition) is 1. The molecule has 0 atom stereocenters. The summed E-state index contributed by atoms with van der Waals surface area (Å²) in [7, 11) is 0. The zero-order valence-corrected chi connectivity index (χ0v) is 10.1. The van der Waals surface area contributed by atoms with Crippen LogP contribution >= 0.6 is 0 Å². The first-order chi connectivity index (χ1) is 8.66. The van der Waals surface area contributed by atoms with Crippen LogP contribution in [0, 0.1) is 10.1 Å². The van der Waals surface area contributed by atoms with Crippen LogP contribution < -0.4 is 5.32 Å². The number of amides is 1. The lowest BCUT2D eigenvalue weighted by atomic mass is 9.95. The number of hydrogen-bond acceptors (Lipinski definition) is 3. The molecule has 1 N–H and O–H groups in total. The van der Waals surface area contributed by atoms with Crippen LogP contribution in [0.4, 0.5) is 5.69 Å². The lowest BCUT2D eigenvalue weighted by Gasteiger charge is -2.22. The molecule has 0 bridgehead atoms. The maximum absolute atomic E-state index is 11.9. The van der Waals surface area contributed by atoms with Crippen molar-refractivity contribution >= 4 is 11.6 Å². The van der Waals surface area contributed by atoms with Crippen molar-refractivity contribution in [3.8, 4) is 0 Å². The number of carbonyl (C=O) groups is 1. The largest absolute Gasteiger partial charge is 0.349 e. The molecule has 0 unspecified atom stereocenters. The molecule has 0 heterocycles. The summed E-state index contributed by atoms with van der Waals surface area (Å²) in [4.78, 5) is 21.9. The van der Waals surface area contributed by atoms with Crippen LogP contribution in [0.1, 0.15) is 49.9 Å². The molecule has 1 aliphatic carbocycles. The van der Waals surface area contributed by atoms with E-state index in [1.54, 1.807) is 0 Å². The Kier molecular flexibility index (Phi) is 5.48. The smallest absolute Gasteiger partial charge is 0.269 e. The summed E-state index contributed by atoms with van der Waals surface area (Å²) < 4.78 is 0. The first kappa shape index (κ1) is 15.1. The molecule has 2 rings (SSSR count). The van der Waals surface area contributed by atoms with Crippen molar-refractivity contribution in [2.45, 2.75) is 45.6 Å². The maximum atomic E-state index is 11.9. The monoisotopic (exact) mass is 264 g/mol. The summed E-state index contributed by atoms with van der Waals surface area (Å²) >= 11 is 0. The van der Waals surface area contributed by atoms with Gasteiger partial charge in [0.05, 0.1) is 4.92 Å². The minimum atomic E-state index is -0.469.